The molecule has 0 unspecified atom stereocenters. The van der Waals surface area contributed by atoms with Gasteiger partial charge in [0.1, 0.15) is 11.5 Å². The molecule has 1 aliphatic rings. The summed E-state index contributed by atoms with van der Waals surface area (Å²) in [6, 6.07) is 5.90. The van der Waals surface area contributed by atoms with E-state index in [0.29, 0.717) is 0 Å². The summed E-state index contributed by atoms with van der Waals surface area (Å²) >= 11 is 0. The van der Waals surface area contributed by atoms with E-state index < -0.39 is 0 Å². The van der Waals surface area contributed by atoms with Crippen molar-refractivity contribution in [2.45, 2.75) is 25.8 Å². The number of guanidine groups is 1. The van der Waals surface area contributed by atoms with Gasteiger partial charge in [0.25, 0.3) is 0 Å². The summed E-state index contributed by atoms with van der Waals surface area (Å²) in [4.78, 5) is 6.46. The normalized spacial score (nSPS) is 14.0. The molecule has 0 saturated heterocycles. The van der Waals surface area contributed by atoms with Gasteiger partial charge in [-0.05, 0) is 24.5 Å². The van der Waals surface area contributed by atoms with Crippen LogP contribution in [0.1, 0.15) is 24.8 Å². The molecule has 6 heteroatoms. The Balaban J connectivity index is 0.00000264. The maximum absolute atomic E-state index is 5.46. The number of methoxy groups -OCH3 is 2. The number of nitrogens with zero attached hydrogens (tertiary/aromatic N) is 2. The Hall–Kier alpha value is -1.18. The van der Waals surface area contributed by atoms with Gasteiger partial charge >= 0.3 is 0 Å². The zero-order valence-electron chi connectivity index (χ0n) is 14.5. The molecule has 0 radical (unpaired) electrons. The first-order valence-corrected chi connectivity index (χ1v) is 7.80. The van der Waals surface area contributed by atoms with E-state index in [2.05, 4.69) is 15.2 Å². The molecule has 1 aromatic rings. The third-order valence-corrected chi connectivity index (χ3v) is 4.01. The third-order valence-electron chi connectivity index (χ3n) is 4.01. The van der Waals surface area contributed by atoms with Gasteiger partial charge in [0.15, 0.2) is 5.96 Å². The van der Waals surface area contributed by atoms with Crippen LogP contribution in [0.25, 0.3) is 0 Å². The van der Waals surface area contributed by atoms with Crippen LogP contribution in [-0.4, -0.2) is 45.7 Å². The fourth-order valence-corrected chi connectivity index (χ4v) is 2.49. The van der Waals surface area contributed by atoms with Crippen LogP contribution >= 0.6 is 24.0 Å². The van der Waals surface area contributed by atoms with Crippen molar-refractivity contribution in [3.8, 4) is 11.5 Å². The molecule has 0 heterocycles. The Bertz CT molecular complexity index is 519. The van der Waals surface area contributed by atoms with E-state index in [9.17, 15) is 0 Å². The second-order valence-corrected chi connectivity index (χ2v) is 5.74. The van der Waals surface area contributed by atoms with Gasteiger partial charge in [0.2, 0.25) is 0 Å². The number of ether oxygens (including phenoxy) is 2. The fraction of sp³-hybridized carbons (Fsp3) is 0.588. The number of halogens is 1. The summed E-state index contributed by atoms with van der Waals surface area (Å²) in [6.07, 6.45) is 4.01. The zero-order valence-corrected chi connectivity index (χ0v) is 16.8. The Morgan fingerprint density at radius 3 is 2.61 bits per heavy atom. The predicted octanol–water partition coefficient (Wildman–Crippen LogP) is 3.13. The van der Waals surface area contributed by atoms with Crippen molar-refractivity contribution in [1.29, 1.82) is 0 Å². The van der Waals surface area contributed by atoms with Crippen molar-refractivity contribution >= 4 is 29.9 Å². The highest BCUT2D eigenvalue weighted by atomic mass is 127. The molecule has 1 aromatic carbocycles. The average Bonchev–Trinajstić information content (AvgIpc) is 3.36. The van der Waals surface area contributed by atoms with Gasteiger partial charge in [-0.2, -0.15) is 0 Å². The van der Waals surface area contributed by atoms with E-state index in [4.69, 9.17) is 9.47 Å². The molecule has 0 spiro atoms. The predicted molar refractivity (Wildman–Crippen MR) is 105 cm³/mol. The van der Waals surface area contributed by atoms with E-state index in [-0.39, 0.29) is 24.0 Å². The Labute approximate surface area is 156 Å². The average molecular weight is 433 g/mol. The topological polar surface area (TPSA) is 46.1 Å². The van der Waals surface area contributed by atoms with Crippen molar-refractivity contribution in [3.05, 3.63) is 23.8 Å². The minimum atomic E-state index is 0. The molecule has 0 atom stereocenters. The summed E-state index contributed by atoms with van der Waals surface area (Å²) in [5.74, 6) is 3.48. The molecule has 1 saturated carbocycles. The molecule has 0 amide bonds. The maximum atomic E-state index is 5.46. The van der Waals surface area contributed by atoms with Crippen molar-refractivity contribution < 1.29 is 9.47 Å². The highest BCUT2D eigenvalue weighted by Crippen LogP contribution is 2.31. The van der Waals surface area contributed by atoms with Gasteiger partial charge in [-0.1, -0.05) is 12.8 Å². The lowest BCUT2D eigenvalue weighted by Gasteiger charge is -2.23. The molecule has 2 rings (SSSR count). The van der Waals surface area contributed by atoms with Crippen LogP contribution in [0.15, 0.2) is 23.2 Å². The summed E-state index contributed by atoms with van der Waals surface area (Å²) in [5, 5.41) is 3.43. The Morgan fingerprint density at radius 2 is 2.04 bits per heavy atom. The summed E-state index contributed by atoms with van der Waals surface area (Å²) in [5.41, 5.74) is 1.11. The molecule has 0 aliphatic heterocycles. The zero-order chi connectivity index (χ0) is 15.9. The molecular formula is C17H28IN3O2. The van der Waals surface area contributed by atoms with E-state index >= 15 is 0 Å². The van der Waals surface area contributed by atoms with Crippen LogP contribution in [0.2, 0.25) is 0 Å². The molecular weight excluding hydrogens is 405 g/mol. The van der Waals surface area contributed by atoms with Crippen LogP contribution < -0.4 is 14.8 Å². The van der Waals surface area contributed by atoms with Crippen molar-refractivity contribution in [1.82, 2.24) is 10.2 Å². The Morgan fingerprint density at radius 1 is 1.30 bits per heavy atom. The third kappa shape index (κ3) is 6.08. The van der Waals surface area contributed by atoms with Crippen molar-refractivity contribution in [3.63, 3.8) is 0 Å². The summed E-state index contributed by atoms with van der Waals surface area (Å²) < 4.78 is 10.7. The SMILES string of the molecule is CN=C(NCCC1CC1)N(C)Cc1ccc(OC)cc1OC.I. The highest BCUT2D eigenvalue weighted by Gasteiger charge is 2.20. The van der Waals surface area contributed by atoms with Gasteiger partial charge in [-0.3, -0.25) is 4.99 Å². The van der Waals surface area contributed by atoms with E-state index in [0.717, 1.165) is 42.0 Å². The molecule has 0 aromatic heterocycles. The first-order valence-electron chi connectivity index (χ1n) is 7.80. The Kier molecular flexibility index (Phi) is 8.51. The van der Waals surface area contributed by atoms with Gasteiger partial charge < -0.3 is 19.7 Å². The quantitative estimate of drug-likeness (QED) is 0.408. The minimum absolute atomic E-state index is 0. The lowest BCUT2D eigenvalue weighted by molar-refractivity contribution is 0.382. The molecule has 1 fully saturated rings. The first-order chi connectivity index (χ1) is 10.7. The number of nitrogens with one attached hydrogen (secondary N) is 1. The monoisotopic (exact) mass is 433 g/mol. The number of hydrogen-bond acceptors (Lipinski definition) is 3. The largest absolute Gasteiger partial charge is 0.497 e. The lowest BCUT2D eigenvalue weighted by Crippen LogP contribution is -2.39. The molecule has 1 N–H and O–H groups in total. The van der Waals surface area contributed by atoms with Crippen molar-refractivity contribution in [2.24, 2.45) is 10.9 Å². The second-order valence-electron chi connectivity index (χ2n) is 5.74. The number of benzene rings is 1. The molecule has 23 heavy (non-hydrogen) atoms. The fourth-order valence-electron chi connectivity index (χ4n) is 2.49. The summed E-state index contributed by atoms with van der Waals surface area (Å²) in [7, 11) is 7.20. The molecule has 5 nitrogen and oxygen atoms in total. The standard InChI is InChI=1S/C17H27N3O2.HI/c1-18-17(19-10-9-13-5-6-13)20(2)12-14-7-8-15(21-3)11-16(14)22-4;/h7-8,11,13H,5-6,9-10,12H2,1-4H3,(H,18,19);1H. The van der Waals surface area contributed by atoms with Crippen molar-refractivity contribution in [2.75, 3.05) is 34.9 Å². The van der Waals surface area contributed by atoms with E-state index in [1.54, 1.807) is 14.2 Å². The second kappa shape index (κ2) is 9.85. The number of hydrogen-bond donors (Lipinski definition) is 1. The van der Waals surface area contributed by atoms with Gasteiger partial charge in [-0.15, -0.1) is 24.0 Å². The maximum Gasteiger partial charge on any atom is 0.193 e. The molecule has 130 valence electrons. The number of aliphatic imine (C=N–C) groups is 1. The van der Waals surface area contributed by atoms with Gasteiger partial charge in [0.05, 0.1) is 14.2 Å². The van der Waals surface area contributed by atoms with E-state index in [1.807, 2.05) is 32.3 Å². The lowest BCUT2D eigenvalue weighted by atomic mass is 10.2. The number of rotatable bonds is 7. The van der Waals surface area contributed by atoms with Crippen LogP contribution in [0, 0.1) is 5.92 Å². The minimum Gasteiger partial charge on any atom is -0.497 e. The van der Waals surface area contributed by atoms with Gasteiger partial charge in [-0.25, -0.2) is 0 Å². The van der Waals surface area contributed by atoms with Crippen LogP contribution in [0.5, 0.6) is 11.5 Å². The summed E-state index contributed by atoms with van der Waals surface area (Å²) in [6.45, 7) is 1.72. The van der Waals surface area contributed by atoms with Crippen LogP contribution in [0.4, 0.5) is 0 Å². The van der Waals surface area contributed by atoms with Crippen LogP contribution in [-0.2, 0) is 6.54 Å². The highest BCUT2D eigenvalue weighted by molar-refractivity contribution is 14.0. The van der Waals surface area contributed by atoms with Crippen LogP contribution in [0.3, 0.4) is 0 Å². The molecule has 1 aliphatic carbocycles. The first kappa shape index (κ1) is 19.9. The van der Waals surface area contributed by atoms with Gasteiger partial charge in [0, 0.05) is 38.8 Å². The smallest absolute Gasteiger partial charge is 0.193 e. The van der Waals surface area contributed by atoms with E-state index in [1.165, 1.54) is 19.3 Å². The molecule has 0 bridgehead atoms.